The number of hydrogen-bond acceptors (Lipinski definition) is 6. The maximum atomic E-state index is 10.4. The molecule has 0 aliphatic rings. The molecule has 11 heavy (non-hydrogen) atoms. The van der Waals surface area contributed by atoms with Crippen molar-refractivity contribution in [1.29, 1.82) is 0 Å². The van der Waals surface area contributed by atoms with E-state index in [2.05, 4.69) is 20.2 Å². The number of rotatable bonds is 4. The van der Waals surface area contributed by atoms with Crippen molar-refractivity contribution >= 4 is 0 Å². The molecular formula is C3H8N4O4. The SMILES string of the molecule is CO/N=[N+](/[O-])C/[N+]([O-])=N\OC. The number of nitrogens with zero attached hydrogens (tertiary/aromatic N) is 4. The van der Waals surface area contributed by atoms with Crippen molar-refractivity contribution in [2.75, 3.05) is 20.9 Å². The van der Waals surface area contributed by atoms with Gasteiger partial charge in [0.25, 0.3) is 0 Å². The molecular weight excluding hydrogens is 156 g/mol. The monoisotopic (exact) mass is 164 g/mol. The molecule has 0 saturated heterocycles. The molecule has 0 bridgehead atoms. The molecule has 0 aliphatic carbocycles. The molecule has 0 rings (SSSR count). The lowest BCUT2D eigenvalue weighted by atomic mass is 11.2. The van der Waals surface area contributed by atoms with E-state index in [-0.39, 0.29) is 9.72 Å². The third-order valence-electron chi connectivity index (χ3n) is 0.587. The van der Waals surface area contributed by atoms with Gasteiger partial charge in [-0.2, -0.15) is 0 Å². The molecule has 8 nitrogen and oxygen atoms in total. The van der Waals surface area contributed by atoms with Gasteiger partial charge in [0.05, 0.1) is 0 Å². The van der Waals surface area contributed by atoms with Crippen molar-refractivity contribution < 1.29 is 19.4 Å². The zero-order chi connectivity index (χ0) is 8.69. The zero-order valence-corrected chi connectivity index (χ0v) is 6.13. The molecule has 0 atom stereocenters. The van der Waals surface area contributed by atoms with Crippen LogP contribution in [0.4, 0.5) is 0 Å². The fourth-order valence-corrected chi connectivity index (χ4v) is 0.337. The van der Waals surface area contributed by atoms with Crippen LogP contribution >= 0.6 is 0 Å². The molecule has 0 aliphatic heterocycles. The molecule has 0 radical (unpaired) electrons. The Kier molecular flexibility index (Phi) is 4.45. The first-order valence-electron chi connectivity index (χ1n) is 2.58. The molecule has 0 fully saturated rings. The van der Waals surface area contributed by atoms with Gasteiger partial charge in [-0.15, -0.1) is 0 Å². The van der Waals surface area contributed by atoms with Crippen LogP contribution in [-0.2, 0) is 9.68 Å². The average molecular weight is 164 g/mol. The summed E-state index contributed by atoms with van der Waals surface area (Å²) in [5.41, 5.74) is 0. The smallest absolute Gasteiger partial charge is 0.408 e. The molecule has 0 amide bonds. The topological polar surface area (TPSA) is 95.3 Å². The standard InChI is InChI=1S/C3H8N4O4/c1-10-4-6(8)3-7(9)5-11-2/h3H2,1-2H3/b6-4+,7-5+. The van der Waals surface area contributed by atoms with E-state index in [1.54, 1.807) is 0 Å². The first-order valence-corrected chi connectivity index (χ1v) is 2.58. The Morgan fingerprint density at radius 2 is 1.45 bits per heavy atom. The zero-order valence-electron chi connectivity index (χ0n) is 6.13. The molecule has 0 N–H and O–H groups in total. The van der Waals surface area contributed by atoms with Gasteiger partial charge >= 0.3 is 6.67 Å². The van der Waals surface area contributed by atoms with E-state index in [9.17, 15) is 10.4 Å². The highest BCUT2D eigenvalue weighted by atomic mass is 16.7. The summed E-state index contributed by atoms with van der Waals surface area (Å²) in [4.78, 5) is 8.19. The quantitative estimate of drug-likeness (QED) is 0.252. The summed E-state index contributed by atoms with van der Waals surface area (Å²) in [7, 11) is 2.38. The third-order valence-corrected chi connectivity index (χ3v) is 0.587. The van der Waals surface area contributed by atoms with Gasteiger partial charge in [-0.05, 0) is 0 Å². The number of hydroxylamine groups is 2. The Hall–Kier alpha value is -1.60. The Morgan fingerprint density at radius 3 is 1.73 bits per heavy atom. The minimum Gasteiger partial charge on any atom is -0.592 e. The number of hydrogen-bond donors (Lipinski definition) is 0. The van der Waals surface area contributed by atoms with Gasteiger partial charge in [0.2, 0.25) is 10.6 Å². The van der Waals surface area contributed by atoms with Crippen LogP contribution in [-0.4, -0.2) is 30.6 Å². The van der Waals surface area contributed by atoms with Gasteiger partial charge in [-0.25, -0.2) is 0 Å². The second kappa shape index (κ2) is 5.21. The second-order valence-corrected chi connectivity index (χ2v) is 1.37. The summed E-state index contributed by atoms with van der Waals surface area (Å²) in [5, 5.41) is 26.5. The molecule has 0 heterocycles. The van der Waals surface area contributed by atoms with Gasteiger partial charge in [0.15, 0.2) is 0 Å². The first kappa shape index (κ1) is 9.40. The van der Waals surface area contributed by atoms with Crippen LogP contribution in [0.5, 0.6) is 0 Å². The maximum Gasteiger partial charge on any atom is 0.408 e. The van der Waals surface area contributed by atoms with E-state index >= 15 is 0 Å². The van der Waals surface area contributed by atoms with Crippen molar-refractivity contribution in [3.8, 4) is 0 Å². The molecule has 8 heteroatoms. The molecule has 0 aromatic rings. The highest BCUT2D eigenvalue weighted by molar-refractivity contribution is 3.99. The lowest BCUT2D eigenvalue weighted by Crippen LogP contribution is -2.13. The highest BCUT2D eigenvalue weighted by Gasteiger charge is 2.03. The van der Waals surface area contributed by atoms with E-state index in [4.69, 9.17) is 0 Å². The van der Waals surface area contributed by atoms with Gasteiger partial charge in [0, 0.05) is 9.72 Å². The van der Waals surface area contributed by atoms with Crippen LogP contribution in [0.25, 0.3) is 0 Å². The summed E-state index contributed by atoms with van der Waals surface area (Å²) in [6.45, 7) is -0.596. The van der Waals surface area contributed by atoms with Crippen molar-refractivity contribution in [3.63, 3.8) is 0 Å². The van der Waals surface area contributed by atoms with E-state index in [1.165, 1.54) is 14.2 Å². The minimum atomic E-state index is -0.596. The summed E-state index contributed by atoms with van der Waals surface area (Å²) in [6.07, 6.45) is 0. The summed E-state index contributed by atoms with van der Waals surface area (Å²) in [5.74, 6) is 0. The second-order valence-electron chi connectivity index (χ2n) is 1.37. The lowest BCUT2D eigenvalue weighted by molar-refractivity contribution is -0.750. The minimum absolute atomic E-state index is 0.0233. The Morgan fingerprint density at radius 1 is 1.09 bits per heavy atom. The largest absolute Gasteiger partial charge is 0.592 e. The average Bonchev–Trinajstić information content (AvgIpc) is 1.87. The lowest BCUT2D eigenvalue weighted by Gasteiger charge is -1.96. The summed E-state index contributed by atoms with van der Waals surface area (Å²) in [6, 6.07) is 0. The molecule has 0 aromatic carbocycles. The van der Waals surface area contributed by atoms with Gasteiger partial charge in [-0.3, -0.25) is 0 Å². The van der Waals surface area contributed by atoms with Crippen LogP contribution < -0.4 is 0 Å². The highest BCUT2D eigenvalue weighted by Crippen LogP contribution is 1.80. The van der Waals surface area contributed by atoms with Crippen molar-refractivity contribution in [1.82, 2.24) is 0 Å². The normalized spacial score (nSPS) is 12.9. The predicted octanol–water partition coefficient (Wildman–Crippen LogP) is -0.00830. The van der Waals surface area contributed by atoms with Crippen molar-refractivity contribution in [3.05, 3.63) is 10.4 Å². The van der Waals surface area contributed by atoms with Gasteiger partial charge in [0.1, 0.15) is 14.2 Å². The third kappa shape index (κ3) is 4.88. The van der Waals surface area contributed by atoms with E-state index in [1.807, 2.05) is 0 Å². The van der Waals surface area contributed by atoms with E-state index < -0.39 is 6.67 Å². The van der Waals surface area contributed by atoms with Gasteiger partial charge < -0.3 is 20.1 Å². The van der Waals surface area contributed by atoms with Crippen LogP contribution in [0.2, 0.25) is 0 Å². The van der Waals surface area contributed by atoms with E-state index in [0.717, 1.165) is 0 Å². The van der Waals surface area contributed by atoms with Crippen LogP contribution in [0.15, 0.2) is 10.6 Å². The fourth-order valence-electron chi connectivity index (χ4n) is 0.337. The van der Waals surface area contributed by atoms with Crippen LogP contribution in [0.1, 0.15) is 0 Å². The van der Waals surface area contributed by atoms with Crippen molar-refractivity contribution in [2.24, 2.45) is 10.6 Å². The van der Waals surface area contributed by atoms with Crippen LogP contribution in [0, 0.1) is 10.4 Å². The Balaban J connectivity index is 3.84. The molecule has 0 spiro atoms. The Labute approximate surface area is 62.4 Å². The molecule has 0 unspecified atom stereocenters. The summed E-state index contributed by atoms with van der Waals surface area (Å²) < 4.78 is 0. The van der Waals surface area contributed by atoms with Gasteiger partial charge in [-0.1, -0.05) is 0 Å². The molecule has 0 saturated carbocycles. The first-order chi connectivity index (χ1) is 5.20. The Bertz CT molecular complexity index is 149. The van der Waals surface area contributed by atoms with Crippen LogP contribution in [0.3, 0.4) is 0 Å². The maximum absolute atomic E-state index is 10.4. The fraction of sp³-hybridized carbons (Fsp3) is 1.00. The molecule has 0 aromatic heterocycles. The molecule has 64 valence electrons. The predicted molar refractivity (Wildman–Crippen MR) is 31.0 cm³/mol. The van der Waals surface area contributed by atoms with Crippen molar-refractivity contribution in [2.45, 2.75) is 0 Å². The van der Waals surface area contributed by atoms with E-state index in [0.29, 0.717) is 0 Å². The summed E-state index contributed by atoms with van der Waals surface area (Å²) >= 11 is 0.